The number of carbonyl (C=O) groups excluding carboxylic acids is 1. The molecule has 1 N–H and O–H groups in total. The molecule has 0 radical (unpaired) electrons. The Morgan fingerprint density at radius 2 is 1.53 bits per heavy atom. The van der Waals surface area contributed by atoms with E-state index >= 15 is 0 Å². The van der Waals surface area contributed by atoms with Gasteiger partial charge in [-0.3, -0.25) is 4.79 Å². The largest absolute Gasteiger partial charge is 0.480 e. The van der Waals surface area contributed by atoms with E-state index in [-0.39, 0.29) is 5.92 Å². The molecule has 1 saturated carbocycles. The molecule has 3 aromatic carbocycles. The summed E-state index contributed by atoms with van der Waals surface area (Å²) in [5.41, 5.74) is 1.55. The highest BCUT2D eigenvalue weighted by Gasteiger charge is 2.67. The molecule has 1 aliphatic carbocycles. The first-order chi connectivity index (χ1) is 15.5. The fourth-order valence-electron chi connectivity index (χ4n) is 4.10. The van der Waals surface area contributed by atoms with E-state index in [0.29, 0.717) is 11.3 Å². The first-order valence-electron chi connectivity index (χ1n) is 10.2. The Morgan fingerprint density at radius 1 is 0.969 bits per heavy atom. The number of carboxylic acid groups (broad SMARTS) is 1. The van der Waals surface area contributed by atoms with Crippen LogP contribution in [0.1, 0.15) is 17.9 Å². The minimum Gasteiger partial charge on any atom is -0.480 e. The zero-order valence-corrected chi connectivity index (χ0v) is 18.3. The fourth-order valence-corrected chi connectivity index (χ4v) is 5.53. The van der Waals surface area contributed by atoms with Gasteiger partial charge in [0.2, 0.25) is 0 Å². The molecule has 164 valence electrons. The molecule has 0 bridgehead atoms. The van der Waals surface area contributed by atoms with Crippen LogP contribution in [0, 0.1) is 0 Å². The van der Waals surface area contributed by atoms with Crippen LogP contribution in [0.25, 0.3) is 11.1 Å². The smallest absolute Gasteiger partial charge is 0.327 e. The number of nitrogens with zero attached hydrogens (tertiary/aromatic N) is 1. The average molecular weight is 450 g/mol. The van der Waals surface area contributed by atoms with E-state index in [4.69, 9.17) is 4.74 Å². The van der Waals surface area contributed by atoms with Gasteiger partial charge in [0, 0.05) is 5.92 Å². The monoisotopic (exact) mass is 449 g/mol. The van der Waals surface area contributed by atoms with Gasteiger partial charge in [-0.2, -0.15) is 4.31 Å². The Morgan fingerprint density at radius 3 is 2.09 bits per heavy atom. The Kier molecular flexibility index (Phi) is 6.21. The van der Waals surface area contributed by atoms with Gasteiger partial charge in [0.1, 0.15) is 23.1 Å². The number of carbonyl (C=O) groups is 2. The third kappa shape index (κ3) is 4.09. The van der Waals surface area contributed by atoms with Crippen LogP contribution >= 0.6 is 0 Å². The van der Waals surface area contributed by atoms with Gasteiger partial charge in [-0.05, 0) is 35.2 Å². The molecular weight excluding hydrogens is 426 g/mol. The van der Waals surface area contributed by atoms with Crippen molar-refractivity contribution < 1.29 is 23.6 Å². The molecule has 3 aromatic rings. The van der Waals surface area contributed by atoms with Crippen molar-refractivity contribution in [1.29, 1.82) is 0 Å². The number of hydrogen-bond acceptors (Lipinski definition) is 4. The van der Waals surface area contributed by atoms with E-state index in [0.717, 1.165) is 16.7 Å². The number of ether oxygens (including phenoxy) is 1. The molecule has 7 heteroatoms. The third-order valence-corrected chi connectivity index (χ3v) is 7.29. The molecule has 3 unspecified atom stereocenters. The highest BCUT2D eigenvalue weighted by atomic mass is 32.2. The van der Waals surface area contributed by atoms with Crippen molar-refractivity contribution in [3.05, 3.63) is 90.5 Å². The number of carboxylic acids is 1. The lowest BCUT2D eigenvalue weighted by molar-refractivity contribution is -0.148. The number of rotatable bonds is 8. The van der Waals surface area contributed by atoms with Crippen LogP contribution in [0.3, 0.4) is 0 Å². The highest BCUT2D eigenvalue weighted by molar-refractivity contribution is 7.82. The maximum Gasteiger partial charge on any atom is 0.327 e. The van der Waals surface area contributed by atoms with Crippen LogP contribution in [0.2, 0.25) is 0 Å². The maximum atomic E-state index is 13.6. The number of aliphatic carboxylic acids is 1. The van der Waals surface area contributed by atoms with E-state index in [1.54, 1.807) is 12.1 Å². The molecule has 0 aromatic heterocycles. The van der Waals surface area contributed by atoms with E-state index < -0.39 is 35.0 Å². The SMILES string of the molecule is COC(=O)C1(N(CC(=O)O)S(=O)c2ccc(-c3ccccc3)cc2)CC1c1ccccc1. The van der Waals surface area contributed by atoms with Gasteiger partial charge in [-0.25, -0.2) is 9.00 Å². The second-order valence-electron chi connectivity index (χ2n) is 7.65. The fraction of sp³-hybridized carbons (Fsp3) is 0.200. The normalized spacial score (nSPS) is 20.5. The van der Waals surface area contributed by atoms with Gasteiger partial charge in [0.15, 0.2) is 0 Å². The Balaban J connectivity index is 1.69. The Hall–Kier alpha value is -3.29. The van der Waals surface area contributed by atoms with Gasteiger partial charge in [0.05, 0.1) is 12.0 Å². The Labute approximate surface area is 189 Å². The molecule has 0 spiro atoms. The van der Waals surface area contributed by atoms with E-state index in [2.05, 4.69) is 0 Å². The minimum atomic E-state index is -1.88. The summed E-state index contributed by atoms with van der Waals surface area (Å²) < 4.78 is 19.9. The van der Waals surface area contributed by atoms with E-state index in [1.165, 1.54) is 11.4 Å². The molecule has 32 heavy (non-hydrogen) atoms. The minimum absolute atomic E-state index is 0.303. The zero-order valence-electron chi connectivity index (χ0n) is 17.5. The van der Waals surface area contributed by atoms with E-state index in [1.807, 2.05) is 72.8 Å². The predicted molar refractivity (Wildman–Crippen MR) is 121 cm³/mol. The van der Waals surface area contributed by atoms with Crippen molar-refractivity contribution in [2.24, 2.45) is 0 Å². The zero-order chi connectivity index (χ0) is 22.7. The molecule has 1 aliphatic rings. The predicted octanol–water partition coefficient (Wildman–Crippen LogP) is 3.86. The van der Waals surface area contributed by atoms with Crippen LogP contribution in [0.15, 0.2) is 89.8 Å². The topological polar surface area (TPSA) is 83.9 Å². The van der Waals surface area contributed by atoms with Gasteiger partial charge in [0.25, 0.3) is 0 Å². The second kappa shape index (κ2) is 9.06. The highest BCUT2D eigenvalue weighted by Crippen LogP contribution is 2.57. The van der Waals surface area contributed by atoms with Crippen LogP contribution in [0.5, 0.6) is 0 Å². The summed E-state index contributed by atoms with van der Waals surface area (Å²) in [6, 6.07) is 26.2. The molecule has 0 saturated heterocycles. The lowest BCUT2D eigenvalue weighted by atomic mass is 10.1. The van der Waals surface area contributed by atoms with Gasteiger partial charge in [-0.15, -0.1) is 0 Å². The van der Waals surface area contributed by atoms with Crippen LogP contribution in [-0.2, 0) is 25.3 Å². The molecule has 4 rings (SSSR count). The maximum absolute atomic E-state index is 13.6. The summed E-state index contributed by atoms with van der Waals surface area (Å²) in [5.74, 6) is -2.05. The molecular formula is C25H23NO5S. The number of methoxy groups -OCH3 is 1. The molecule has 0 amide bonds. The van der Waals surface area contributed by atoms with Gasteiger partial charge >= 0.3 is 11.9 Å². The summed E-state index contributed by atoms with van der Waals surface area (Å²) in [6.07, 6.45) is 0.338. The lowest BCUT2D eigenvalue weighted by Gasteiger charge is -2.28. The van der Waals surface area contributed by atoms with Crippen LogP contribution in [-0.4, -0.2) is 44.8 Å². The number of benzene rings is 3. The Bertz CT molecular complexity index is 1130. The van der Waals surface area contributed by atoms with Crippen molar-refractivity contribution in [3.63, 3.8) is 0 Å². The van der Waals surface area contributed by atoms with Crippen molar-refractivity contribution in [3.8, 4) is 11.1 Å². The number of esters is 1. The molecule has 3 atom stereocenters. The summed E-state index contributed by atoms with van der Waals surface area (Å²) in [4.78, 5) is 25.0. The van der Waals surface area contributed by atoms with Gasteiger partial charge < -0.3 is 9.84 Å². The van der Waals surface area contributed by atoms with E-state index in [9.17, 15) is 18.9 Å². The third-order valence-electron chi connectivity index (χ3n) is 5.76. The summed E-state index contributed by atoms with van der Waals surface area (Å²) in [7, 11) is -0.614. The second-order valence-corrected chi connectivity index (χ2v) is 9.06. The first-order valence-corrected chi connectivity index (χ1v) is 11.3. The van der Waals surface area contributed by atoms with Crippen molar-refractivity contribution in [1.82, 2.24) is 4.31 Å². The summed E-state index contributed by atoms with van der Waals surface area (Å²) >= 11 is 0. The lowest BCUT2D eigenvalue weighted by Crippen LogP contribution is -2.48. The summed E-state index contributed by atoms with van der Waals surface area (Å²) in [6.45, 7) is -0.550. The van der Waals surface area contributed by atoms with Crippen molar-refractivity contribution in [2.45, 2.75) is 22.8 Å². The van der Waals surface area contributed by atoms with Crippen LogP contribution < -0.4 is 0 Å². The first kappa shape index (κ1) is 21.9. The van der Waals surface area contributed by atoms with Gasteiger partial charge in [-0.1, -0.05) is 72.8 Å². The molecule has 6 nitrogen and oxygen atoms in total. The molecule has 0 heterocycles. The quantitative estimate of drug-likeness (QED) is 0.528. The van der Waals surface area contributed by atoms with Crippen molar-refractivity contribution in [2.75, 3.05) is 13.7 Å². The average Bonchev–Trinajstić information content (AvgIpc) is 3.59. The van der Waals surface area contributed by atoms with Crippen molar-refractivity contribution >= 4 is 22.9 Å². The molecule has 1 fully saturated rings. The standard InChI is InChI=1S/C25H23NO5S/c1-31-24(29)25(16-22(25)20-10-6-3-7-11-20)26(17-23(27)28)32(30)21-14-12-19(13-15-21)18-8-4-2-5-9-18/h2-15,22H,16-17H2,1H3,(H,27,28). The van der Waals surface area contributed by atoms with Crippen LogP contribution in [0.4, 0.5) is 0 Å². The summed E-state index contributed by atoms with van der Waals surface area (Å²) in [5, 5.41) is 9.55. The number of hydrogen-bond donors (Lipinski definition) is 1. The molecule has 0 aliphatic heterocycles.